The van der Waals surface area contributed by atoms with Gasteiger partial charge in [0.15, 0.2) is 0 Å². The summed E-state index contributed by atoms with van der Waals surface area (Å²) in [6, 6.07) is 12.1. The summed E-state index contributed by atoms with van der Waals surface area (Å²) in [7, 11) is 2.07. The Hall–Kier alpha value is -2.91. The van der Waals surface area contributed by atoms with E-state index in [1.165, 1.54) is 0 Å². The third-order valence-electron chi connectivity index (χ3n) is 5.24. The van der Waals surface area contributed by atoms with E-state index in [0.29, 0.717) is 11.6 Å². The molecule has 6 nitrogen and oxygen atoms in total. The van der Waals surface area contributed by atoms with Crippen molar-refractivity contribution >= 4 is 11.3 Å². The summed E-state index contributed by atoms with van der Waals surface area (Å²) in [5, 5.41) is 23.3. The highest BCUT2D eigenvalue weighted by Gasteiger charge is 2.23. The highest BCUT2D eigenvalue weighted by Crippen LogP contribution is 2.28. The highest BCUT2D eigenvalue weighted by molar-refractivity contribution is 5.79. The summed E-state index contributed by atoms with van der Waals surface area (Å²) in [4.78, 5) is 7.05. The van der Waals surface area contributed by atoms with Crippen LogP contribution in [0.5, 0.6) is 0 Å². The van der Waals surface area contributed by atoms with E-state index in [0.717, 1.165) is 48.3 Å². The van der Waals surface area contributed by atoms with E-state index < -0.39 is 0 Å². The van der Waals surface area contributed by atoms with Crippen molar-refractivity contribution in [2.24, 2.45) is 0 Å². The standard InChI is InChI=1S/C20H21N5O/c1-24(15-5-7-16(26)8-6-15)20-4-2-3-18(23-20)17-13-22-25-10-9-14(12-21)11-19(17)25/h2-4,9-11,13,15-16,26H,5-8H2,1H3. The van der Waals surface area contributed by atoms with Gasteiger partial charge in [0.05, 0.1) is 35.1 Å². The van der Waals surface area contributed by atoms with Gasteiger partial charge in [0.25, 0.3) is 0 Å². The Morgan fingerprint density at radius 2 is 2.04 bits per heavy atom. The first kappa shape index (κ1) is 16.6. The molecule has 1 saturated carbocycles. The molecule has 0 atom stereocenters. The van der Waals surface area contributed by atoms with E-state index >= 15 is 0 Å². The number of hydrogen-bond acceptors (Lipinski definition) is 5. The number of aliphatic hydroxyl groups excluding tert-OH is 1. The van der Waals surface area contributed by atoms with Crippen LogP contribution in [0.2, 0.25) is 0 Å². The lowest BCUT2D eigenvalue weighted by atomic mass is 9.92. The van der Waals surface area contributed by atoms with Gasteiger partial charge in [0, 0.05) is 24.8 Å². The minimum atomic E-state index is -0.160. The minimum absolute atomic E-state index is 0.160. The molecule has 3 aromatic heterocycles. The molecule has 26 heavy (non-hydrogen) atoms. The van der Waals surface area contributed by atoms with Crippen molar-refractivity contribution in [3.05, 3.63) is 48.3 Å². The average Bonchev–Trinajstić information content (AvgIpc) is 3.11. The Kier molecular flexibility index (Phi) is 4.31. The van der Waals surface area contributed by atoms with Gasteiger partial charge in [-0.25, -0.2) is 9.50 Å². The zero-order valence-corrected chi connectivity index (χ0v) is 14.7. The first-order chi connectivity index (χ1) is 12.7. The molecule has 4 rings (SSSR count). The molecule has 6 heteroatoms. The predicted molar refractivity (Wildman–Crippen MR) is 99.8 cm³/mol. The van der Waals surface area contributed by atoms with Crippen LogP contribution in [0.15, 0.2) is 42.7 Å². The van der Waals surface area contributed by atoms with Gasteiger partial charge >= 0.3 is 0 Å². The Labute approximate surface area is 152 Å². The molecular weight excluding hydrogens is 326 g/mol. The van der Waals surface area contributed by atoms with E-state index in [4.69, 9.17) is 10.2 Å². The van der Waals surface area contributed by atoms with Crippen LogP contribution < -0.4 is 4.90 Å². The van der Waals surface area contributed by atoms with Crippen molar-refractivity contribution in [2.75, 3.05) is 11.9 Å². The van der Waals surface area contributed by atoms with Crippen molar-refractivity contribution in [3.63, 3.8) is 0 Å². The summed E-state index contributed by atoms with van der Waals surface area (Å²) in [5.41, 5.74) is 3.23. The van der Waals surface area contributed by atoms with E-state index in [-0.39, 0.29) is 6.10 Å². The fraction of sp³-hybridized carbons (Fsp3) is 0.350. The summed E-state index contributed by atoms with van der Waals surface area (Å²) in [6.45, 7) is 0. The molecule has 0 unspecified atom stereocenters. The van der Waals surface area contributed by atoms with Crippen LogP contribution in [0.25, 0.3) is 16.8 Å². The number of nitriles is 1. The van der Waals surface area contributed by atoms with Gasteiger partial charge in [-0.2, -0.15) is 10.4 Å². The number of pyridine rings is 2. The van der Waals surface area contributed by atoms with Crippen molar-refractivity contribution in [1.82, 2.24) is 14.6 Å². The molecule has 1 N–H and O–H groups in total. The number of aliphatic hydroxyl groups is 1. The summed E-state index contributed by atoms with van der Waals surface area (Å²) in [5.74, 6) is 0.916. The van der Waals surface area contributed by atoms with Crippen molar-refractivity contribution in [1.29, 1.82) is 5.26 Å². The van der Waals surface area contributed by atoms with Crippen LogP contribution in [-0.4, -0.2) is 38.9 Å². The van der Waals surface area contributed by atoms with Crippen LogP contribution in [-0.2, 0) is 0 Å². The molecule has 0 aromatic carbocycles. The fourth-order valence-corrected chi connectivity index (χ4v) is 3.65. The molecule has 1 aliphatic rings. The van der Waals surface area contributed by atoms with Gasteiger partial charge in [0.1, 0.15) is 5.82 Å². The average molecular weight is 347 g/mol. The first-order valence-electron chi connectivity index (χ1n) is 8.91. The molecule has 0 bridgehead atoms. The second-order valence-corrected chi connectivity index (χ2v) is 6.87. The van der Waals surface area contributed by atoms with E-state index in [2.05, 4.69) is 23.1 Å². The van der Waals surface area contributed by atoms with Crippen LogP contribution in [0, 0.1) is 11.3 Å². The smallest absolute Gasteiger partial charge is 0.129 e. The number of aromatic nitrogens is 3. The second-order valence-electron chi connectivity index (χ2n) is 6.87. The molecule has 0 amide bonds. The highest BCUT2D eigenvalue weighted by atomic mass is 16.3. The molecule has 132 valence electrons. The number of fused-ring (bicyclic) bond motifs is 1. The number of rotatable bonds is 3. The van der Waals surface area contributed by atoms with Gasteiger partial charge in [-0.05, 0) is 49.9 Å². The van der Waals surface area contributed by atoms with Crippen LogP contribution in [0.1, 0.15) is 31.2 Å². The normalized spacial score (nSPS) is 20.0. The van der Waals surface area contributed by atoms with Crippen LogP contribution in [0.4, 0.5) is 5.82 Å². The molecule has 0 saturated heterocycles. The third kappa shape index (κ3) is 3.02. The minimum Gasteiger partial charge on any atom is -0.393 e. The van der Waals surface area contributed by atoms with Crippen molar-refractivity contribution < 1.29 is 5.11 Å². The van der Waals surface area contributed by atoms with Crippen LogP contribution >= 0.6 is 0 Å². The molecule has 0 aliphatic heterocycles. The number of hydrogen-bond donors (Lipinski definition) is 1. The Balaban J connectivity index is 1.67. The maximum absolute atomic E-state index is 9.73. The zero-order valence-electron chi connectivity index (χ0n) is 14.7. The maximum atomic E-state index is 9.73. The van der Waals surface area contributed by atoms with E-state index in [1.54, 1.807) is 23.0 Å². The molecular formula is C20H21N5O. The summed E-state index contributed by atoms with van der Waals surface area (Å²) in [6.07, 6.45) is 7.07. The van der Waals surface area contributed by atoms with Crippen LogP contribution in [0.3, 0.4) is 0 Å². The van der Waals surface area contributed by atoms with Crippen molar-refractivity contribution in [3.8, 4) is 17.3 Å². The second kappa shape index (κ2) is 6.77. The summed E-state index contributed by atoms with van der Waals surface area (Å²) < 4.78 is 1.76. The quantitative estimate of drug-likeness (QED) is 0.788. The Morgan fingerprint density at radius 1 is 1.23 bits per heavy atom. The maximum Gasteiger partial charge on any atom is 0.129 e. The monoisotopic (exact) mass is 347 g/mol. The molecule has 1 aliphatic carbocycles. The van der Waals surface area contributed by atoms with Gasteiger partial charge in [-0.3, -0.25) is 0 Å². The van der Waals surface area contributed by atoms with Gasteiger partial charge < -0.3 is 10.0 Å². The lowest BCUT2D eigenvalue weighted by molar-refractivity contribution is 0.122. The third-order valence-corrected chi connectivity index (χ3v) is 5.24. The SMILES string of the molecule is CN(c1cccc(-c2cnn3ccc(C#N)cc23)n1)C1CCC(O)CC1. The predicted octanol–water partition coefficient (Wildman–Crippen LogP) is 3.01. The number of nitrogens with zero attached hydrogens (tertiary/aromatic N) is 5. The lowest BCUT2D eigenvalue weighted by Gasteiger charge is -2.34. The Morgan fingerprint density at radius 3 is 2.81 bits per heavy atom. The molecule has 1 fully saturated rings. The van der Waals surface area contributed by atoms with E-state index in [9.17, 15) is 5.11 Å². The van der Waals surface area contributed by atoms with Crippen molar-refractivity contribution in [2.45, 2.75) is 37.8 Å². The molecule has 0 spiro atoms. The number of anilines is 1. The molecule has 0 radical (unpaired) electrons. The van der Waals surface area contributed by atoms with Gasteiger partial charge in [-0.1, -0.05) is 6.07 Å². The zero-order chi connectivity index (χ0) is 18.1. The first-order valence-corrected chi connectivity index (χ1v) is 8.91. The lowest BCUT2D eigenvalue weighted by Crippen LogP contribution is -2.36. The largest absolute Gasteiger partial charge is 0.393 e. The van der Waals surface area contributed by atoms with Gasteiger partial charge in [-0.15, -0.1) is 0 Å². The topological polar surface area (TPSA) is 77.5 Å². The Bertz CT molecular complexity index is 966. The van der Waals surface area contributed by atoms with E-state index in [1.807, 2.05) is 24.3 Å². The molecule has 3 aromatic rings. The fourth-order valence-electron chi connectivity index (χ4n) is 3.65. The van der Waals surface area contributed by atoms with Gasteiger partial charge in [0.2, 0.25) is 0 Å². The molecule has 3 heterocycles. The summed E-state index contributed by atoms with van der Waals surface area (Å²) >= 11 is 0.